The number of nitrogens with one attached hydrogen (secondary N) is 1. The number of para-hydroxylation sites is 1. The first-order valence-electron chi connectivity index (χ1n) is 6.00. The highest BCUT2D eigenvalue weighted by Crippen LogP contribution is 2.24. The average molecular weight is 324 g/mol. The number of ether oxygens (including phenoxy) is 1. The SMILES string of the molecule is CC(=O)Oc1ccccc1C(=O)Nc1cc(Cl)cc(Cl)c1. The Morgan fingerprint density at radius 3 is 2.29 bits per heavy atom. The van der Waals surface area contributed by atoms with Gasteiger partial charge >= 0.3 is 5.97 Å². The lowest BCUT2D eigenvalue weighted by atomic mass is 10.2. The van der Waals surface area contributed by atoms with Gasteiger partial charge in [0.1, 0.15) is 5.75 Å². The fraction of sp³-hybridized carbons (Fsp3) is 0.0667. The maximum Gasteiger partial charge on any atom is 0.308 e. The maximum atomic E-state index is 12.3. The summed E-state index contributed by atoms with van der Waals surface area (Å²) in [5.41, 5.74) is 0.693. The van der Waals surface area contributed by atoms with Crippen molar-refractivity contribution >= 4 is 40.8 Å². The molecular weight excluding hydrogens is 313 g/mol. The van der Waals surface area contributed by atoms with Crippen LogP contribution in [0.15, 0.2) is 42.5 Å². The molecular formula is C15H11Cl2NO3. The van der Waals surface area contributed by atoms with Crippen LogP contribution < -0.4 is 10.1 Å². The van der Waals surface area contributed by atoms with E-state index in [1.54, 1.807) is 42.5 Å². The first-order chi connectivity index (χ1) is 9.95. The van der Waals surface area contributed by atoms with Gasteiger partial charge in [-0.3, -0.25) is 9.59 Å². The number of hydrogen-bond acceptors (Lipinski definition) is 3. The zero-order valence-electron chi connectivity index (χ0n) is 11.0. The van der Waals surface area contributed by atoms with Crippen molar-refractivity contribution in [1.82, 2.24) is 0 Å². The second kappa shape index (κ2) is 6.61. The number of amides is 1. The van der Waals surface area contributed by atoms with E-state index in [4.69, 9.17) is 27.9 Å². The van der Waals surface area contributed by atoms with Crippen molar-refractivity contribution < 1.29 is 14.3 Å². The van der Waals surface area contributed by atoms with Crippen LogP contribution in [0.2, 0.25) is 10.0 Å². The number of esters is 1. The Kier molecular flexibility index (Phi) is 4.83. The van der Waals surface area contributed by atoms with E-state index in [0.29, 0.717) is 15.7 Å². The van der Waals surface area contributed by atoms with Gasteiger partial charge in [-0.2, -0.15) is 0 Å². The summed E-state index contributed by atoms with van der Waals surface area (Å²) in [6, 6.07) is 11.1. The molecule has 0 unspecified atom stereocenters. The monoisotopic (exact) mass is 323 g/mol. The standard InChI is InChI=1S/C15H11Cl2NO3/c1-9(19)21-14-5-3-2-4-13(14)15(20)18-12-7-10(16)6-11(17)8-12/h2-8H,1H3,(H,18,20). The van der Waals surface area contributed by atoms with Crippen molar-refractivity contribution in [2.24, 2.45) is 0 Å². The molecule has 0 fully saturated rings. The highest BCUT2D eigenvalue weighted by atomic mass is 35.5. The van der Waals surface area contributed by atoms with Crippen LogP contribution in [0.4, 0.5) is 5.69 Å². The van der Waals surface area contributed by atoms with Crippen LogP contribution in [0.25, 0.3) is 0 Å². The molecule has 0 aromatic heterocycles. The zero-order valence-corrected chi connectivity index (χ0v) is 12.5. The summed E-state index contributed by atoms with van der Waals surface area (Å²) >= 11 is 11.7. The van der Waals surface area contributed by atoms with Gasteiger partial charge in [0.15, 0.2) is 0 Å². The second-order valence-corrected chi connectivity index (χ2v) is 5.07. The quantitative estimate of drug-likeness (QED) is 0.681. The fourth-order valence-corrected chi connectivity index (χ4v) is 2.25. The highest BCUT2D eigenvalue weighted by molar-refractivity contribution is 6.35. The molecule has 4 nitrogen and oxygen atoms in total. The number of anilines is 1. The lowest BCUT2D eigenvalue weighted by molar-refractivity contribution is -0.131. The van der Waals surface area contributed by atoms with Gasteiger partial charge in [0.2, 0.25) is 0 Å². The Labute approximate surface area is 131 Å². The average Bonchev–Trinajstić information content (AvgIpc) is 2.37. The molecule has 2 aromatic carbocycles. The van der Waals surface area contributed by atoms with Crippen LogP contribution in [-0.2, 0) is 4.79 Å². The second-order valence-electron chi connectivity index (χ2n) is 4.20. The number of halogens is 2. The van der Waals surface area contributed by atoms with E-state index in [9.17, 15) is 9.59 Å². The summed E-state index contributed by atoms with van der Waals surface area (Å²) < 4.78 is 5.00. The van der Waals surface area contributed by atoms with Crippen molar-refractivity contribution in [2.75, 3.05) is 5.32 Å². The molecule has 1 N–H and O–H groups in total. The Bertz CT molecular complexity index is 681. The first kappa shape index (κ1) is 15.4. The predicted molar refractivity (Wildman–Crippen MR) is 82.2 cm³/mol. The third-order valence-corrected chi connectivity index (χ3v) is 2.94. The lowest BCUT2D eigenvalue weighted by Gasteiger charge is -2.10. The number of rotatable bonds is 3. The van der Waals surface area contributed by atoms with E-state index in [1.807, 2.05) is 0 Å². The lowest BCUT2D eigenvalue weighted by Crippen LogP contribution is -2.14. The maximum absolute atomic E-state index is 12.3. The van der Waals surface area contributed by atoms with Gasteiger partial charge in [-0.1, -0.05) is 35.3 Å². The zero-order chi connectivity index (χ0) is 15.4. The van der Waals surface area contributed by atoms with Gasteiger partial charge in [0, 0.05) is 22.7 Å². The number of carbonyl (C=O) groups excluding carboxylic acids is 2. The van der Waals surface area contributed by atoms with E-state index in [2.05, 4.69) is 5.32 Å². The van der Waals surface area contributed by atoms with E-state index in [0.717, 1.165) is 0 Å². The normalized spacial score (nSPS) is 10.0. The molecule has 0 saturated heterocycles. The number of hydrogen-bond donors (Lipinski definition) is 1. The van der Waals surface area contributed by atoms with Gasteiger partial charge in [0.05, 0.1) is 5.56 Å². The molecule has 2 aromatic rings. The topological polar surface area (TPSA) is 55.4 Å². The van der Waals surface area contributed by atoms with Gasteiger partial charge in [-0.25, -0.2) is 0 Å². The fourth-order valence-electron chi connectivity index (χ4n) is 1.72. The molecule has 1 amide bonds. The number of carbonyl (C=O) groups is 2. The van der Waals surface area contributed by atoms with Crippen molar-refractivity contribution in [3.63, 3.8) is 0 Å². The van der Waals surface area contributed by atoms with E-state index < -0.39 is 11.9 Å². The molecule has 0 spiro atoms. The minimum atomic E-state index is -0.499. The van der Waals surface area contributed by atoms with Crippen LogP contribution in [0, 0.1) is 0 Å². The third kappa shape index (κ3) is 4.21. The minimum Gasteiger partial charge on any atom is -0.426 e. The Morgan fingerprint density at radius 1 is 1.05 bits per heavy atom. The summed E-state index contributed by atoms with van der Waals surface area (Å²) in [6.45, 7) is 1.27. The Balaban J connectivity index is 2.26. The first-order valence-corrected chi connectivity index (χ1v) is 6.76. The molecule has 108 valence electrons. The van der Waals surface area contributed by atoms with Crippen LogP contribution in [0.1, 0.15) is 17.3 Å². The molecule has 21 heavy (non-hydrogen) atoms. The van der Waals surface area contributed by atoms with E-state index in [1.165, 1.54) is 6.92 Å². The van der Waals surface area contributed by atoms with Crippen LogP contribution in [-0.4, -0.2) is 11.9 Å². The molecule has 0 heterocycles. The summed E-state index contributed by atoms with van der Waals surface area (Å²) in [7, 11) is 0. The largest absolute Gasteiger partial charge is 0.426 e. The Hall–Kier alpha value is -2.04. The molecule has 0 aliphatic heterocycles. The van der Waals surface area contributed by atoms with Crippen molar-refractivity contribution in [3.05, 3.63) is 58.1 Å². The van der Waals surface area contributed by atoms with Crippen LogP contribution >= 0.6 is 23.2 Å². The smallest absolute Gasteiger partial charge is 0.308 e. The minimum absolute atomic E-state index is 0.190. The molecule has 0 aliphatic rings. The summed E-state index contributed by atoms with van der Waals surface area (Å²) in [5, 5.41) is 3.47. The van der Waals surface area contributed by atoms with E-state index >= 15 is 0 Å². The van der Waals surface area contributed by atoms with Gasteiger partial charge in [0.25, 0.3) is 5.91 Å². The molecule has 6 heteroatoms. The van der Waals surface area contributed by atoms with Gasteiger partial charge < -0.3 is 10.1 Å². The van der Waals surface area contributed by atoms with Gasteiger partial charge in [-0.05, 0) is 30.3 Å². The molecule has 0 bridgehead atoms. The Morgan fingerprint density at radius 2 is 1.67 bits per heavy atom. The highest BCUT2D eigenvalue weighted by Gasteiger charge is 2.14. The molecule has 0 saturated carbocycles. The van der Waals surface area contributed by atoms with Gasteiger partial charge in [-0.15, -0.1) is 0 Å². The predicted octanol–water partition coefficient (Wildman–Crippen LogP) is 4.17. The summed E-state index contributed by atoms with van der Waals surface area (Å²) in [4.78, 5) is 23.3. The molecule has 0 radical (unpaired) electrons. The van der Waals surface area contributed by atoms with Crippen molar-refractivity contribution in [2.45, 2.75) is 6.92 Å². The van der Waals surface area contributed by atoms with Crippen molar-refractivity contribution in [1.29, 1.82) is 0 Å². The molecule has 0 atom stereocenters. The summed E-state index contributed by atoms with van der Waals surface area (Å²) in [6.07, 6.45) is 0. The summed E-state index contributed by atoms with van der Waals surface area (Å²) in [5.74, 6) is -0.734. The molecule has 0 aliphatic carbocycles. The number of benzene rings is 2. The van der Waals surface area contributed by atoms with Crippen molar-refractivity contribution in [3.8, 4) is 5.75 Å². The third-order valence-electron chi connectivity index (χ3n) is 2.51. The van der Waals surface area contributed by atoms with Crippen LogP contribution in [0.3, 0.4) is 0 Å². The molecule has 2 rings (SSSR count). The van der Waals surface area contributed by atoms with E-state index in [-0.39, 0.29) is 11.3 Å². The van der Waals surface area contributed by atoms with Crippen LogP contribution in [0.5, 0.6) is 5.75 Å².